The molecule has 2 aromatic rings. The van der Waals surface area contributed by atoms with Crippen LogP contribution in [0.5, 0.6) is 0 Å². The maximum atomic E-state index is 12.9. The molecule has 2 amide bonds. The highest BCUT2D eigenvalue weighted by molar-refractivity contribution is 9.10. The van der Waals surface area contributed by atoms with E-state index in [4.69, 9.17) is 12.2 Å². The molecule has 4 rings (SSSR count). The number of carbonyl (C=O) groups excluding carboxylic acids is 2. The molecule has 2 aliphatic heterocycles. The molecule has 3 heterocycles. The van der Waals surface area contributed by atoms with Crippen LogP contribution in [0.3, 0.4) is 0 Å². The summed E-state index contributed by atoms with van der Waals surface area (Å²) in [5.74, 6) is -0.0200. The zero-order valence-electron chi connectivity index (χ0n) is 16.3. The fraction of sp³-hybridized carbons (Fsp3) is 0.381. The Kier molecular flexibility index (Phi) is 5.74. The maximum absolute atomic E-state index is 12.9. The van der Waals surface area contributed by atoms with Gasteiger partial charge in [0.05, 0.1) is 0 Å². The lowest BCUT2D eigenvalue weighted by Crippen LogP contribution is -2.34. The molecule has 6 nitrogen and oxygen atoms in total. The first-order valence-corrected chi connectivity index (χ1v) is 11.0. The summed E-state index contributed by atoms with van der Waals surface area (Å²) in [5, 5.41) is 4.33. The van der Waals surface area contributed by atoms with E-state index in [0.717, 1.165) is 46.9 Å². The number of likely N-dealkylation sites (N-methyl/N-ethyl adjacent to an activating group) is 1. The largest absolute Gasteiger partial charge is 0.341 e. The number of hydrogen-bond donors (Lipinski definition) is 1. The predicted octanol–water partition coefficient (Wildman–Crippen LogP) is 3.49. The molecular weight excluding hydrogens is 452 g/mol. The van der Waals surface area contributed by atoms with Gasteiger partial charge in [0.25, 0.3) is 5.91 Å². The summed E-state index contributed by atoms with van der Waals surface area (Å²) in [5.41, 5.74) is 2.28. The van der Waals surface area contributed by atoms with Crippen molar-refractivity contribution in [2.75, 3.05) is 20.1 Å². The topological polar surface area (TPSA) is 57.6 Å². The van der Waals surface area contributed by atoms with Crippen LogP contribution in [0.25, 0.3) is 17.0 Å². The summed E-state index contributed by atoms with van der Waals surface area (Å²) >= 11 is 8.69. The molecule has 2 fully saturated rings. The van der Waals surface area contributed by atoms with Crippen molar-refractivity contribution in [1.29, 1.82) is 0 Å². The van der Waals surface area contributed by atoms with Crippen LogP contribution in [0.2, 0.25) is 0 Å². The van der Waals surface area contributed by atoms with E-state index in [-0.39, 0.29) is 11.8 Å². The van der Waals surface area contributed by atoms with Crippen LogP contribution in [-0.2, 0) is 16.1 Å². The average Bonchev–Trinajstić information content (AvgIpc) is 3.00. The third kappa shape index (κ3) is 4.09. The van der Waals surface area contributed by atoms with Crippen LogP contribution in [0.1, 0.15) is 31.2 Å². The highest BCUT2D eigenvalue weighted by Crippen LogP contribution is 2.28. The Balaban J connectivity index is 1.68. The molecule has 0 atom stereocenters. The van der Waals surface area contributed by atoms with Crippen molar-refractivity contribution in [2.24, 2.45) is 0 Å². The van der Waals surface area contributed by atoms with Crippen molar-refractivity contribution in [3.05, 3.63) is 40.1 Å². The Morgan fingerprint density at radius 1 is 1.24 bits per heavy atom. The molecule has 2 saturated heterocycles. The summed E-state index contributed by atoms with van der Waals surface area (Å²) < 4.78 is 2.92. The molecule has 0 saturated carbocycles. The van der Waals surface area contributed by atoms with Crippen molar-refractivity contribution < 1.29 is 9.59 Å². The van der Waals surface area contributed by atoms with Crippen molar-refractivity contribution in [3.63, 3.8) is 0 Å². The Bertz CT molecular complexity index is 1020. The minimum atomic E-state index is -0.161. The minimum Gasteiger partial charge on any atom is -0.341 e. The zero-order valence-corrected chi connectivity index (χ0v) is 18.7. The Morgan fingerprint density at radius 3 is 2.62 bits per heavy atom. The fourth-order valence-corrected chi connectivity index (χ4v) is 4.44. The van der Waals surface area contributed by atoms with Gasteiger partial charge in [-0.3, -0.25) is 14.5 Å². The Labute approximate surface area is 183 Å². The maximum Gasteiger partial charge on any atom is 0.276 e. The molecule has 0 bridgehead atoms. The van der Waals surface area contributed by atoms with E-state index in [0.29, 0.717) is 17.4 Å². The standard InChI is InChI=1S/C21H23BrN4O2S/c1-24-20(28)17(23-21(24)29)10-14-12-26(18-7-6-15(22)11-16(14)18)13-19(27)25-8-4-2-3-5-9-25/h6-7,10-12H,2-5,8-9,13H2,1H3,(H,23,29)/b17-10-. The number of aromatic nitrogens is 1. The number of fused-ring (bicyclic) bond motifs is 1. The Morgan fingerprint density at radius 2 is 1.97 bits per heavy atom. The number of amides is 2. The van der Waals surface area contributed by atoms with Gasteiger partial charge in [0.15, 0.2) is 5.11 Å². The van der Waals surface area contributed by atoms with E-state index in [1.807, 2.05) is 33.9 Å². The molecule has 0 aliphatic carbocycles. The molecule has 152 valence electrons. The normalized spacial score (nSPS) is 19.2. The molecule has 0 unspecified atom stereocenters. The number of nitrogens with one attached hydrogen (secondary N) is 1. The second-order valence-electron chi connectivity index (χ2n) is 7.52. The highest BCUT2D eigenvalue weighted by Gasteiger charge is 2.27. The van der Waals surface area contributed by atoms with Gasteiger partial charge >= 0.3 is 0 Å². The summed E-state index contributed by atoms with van der Waals surface area (Å²) in [6.45, 7) is 1.96. The van der Waals surface area contributed by atoms with Crippen LogP contribution < -0.4 is 5.32 Å². The molecule has 2 aliphatic rings. The van der Waals surface area contributed by atoms with Crippen molar-refractivity contribution in [3.8, 4) is 0 Å². The van der Waals surface area contributed by atoms with Gasteiger partial charge in [-0.25, -0.2) is 0 Å². The first-order valence-electron chi connectivity index (χ1n) is 9.81. The summed E-state index contributed by atoms with van der Waals surface area (Å²) in [6, 6.07) is 5.97. The van der Waals surface area contributed by atoms with E-state index in [2.05, 4.69) is 21.2 Å². The first-order chi connectivity index (χ1) is 13.9. The van der Waals surface area contributed by atoms with Crippen LogP contribution in [-0.4, -0.2) is 51.4 Å². The van der Waals surface area contributed by atoms with Gasteiger partial charge in [-0.1, -0.05) is 28.8 Å². The summed E-state index contributed by atoms with van der Waals surface area (Å²) in [6.07, 6.45) is 8.28. The average molecular weight is 475 g/mol. The van der Waals surface area contributed by atoms with Gasteiger partial charge in [-0.05, 0) is 49.3 Å². The molecular formula is C21H23BrN4O2S. The smallest absolute Gasteiger partial charge is 0.276 e. The van der Waals surface area contributed by atoms with Crippen LogP contribution in [0, 0.1) is 0 Å². The minimum absolute atomic E-state index is 0.141. The third-order valence-electron chi connectivity index (χ3n) is 5.52. The number of thiocarbonyl (C=S) groups is 1. The van der Waals surface area contributed by atoms with E-state index in [1.54, 1.807) is 13.1 Å². The summed E-state index contributed by atoms with van der Waals surface area (Å²) in [7, 11) is 1.65. The van der Waals surface area contributed by atoms with E-state index in [1.165, 1.54) is 17.7 Å². The number of likely N-dealkylation sites (tertiary alicyclic amines) is 1. The van der Waals surface area contributed by atoms with Gasteiger partial charge < -0.3 is 14.8 Å². The van der Waals surface area contributed by atoms with Crippen LogP contribution in [0.15, 0.2) is 34.6 Å². The Hall–Kier alpha value is -2.19. The number of rotatable bonds is 3. The monoisotopic (exact) mass is 474 g/mol. The molecule has 29 heavy (non-hydrogen) atoms. The molecule has 1 N–H and O–H groups in total. The van der Waals surface area contributed by atoms with Crippen molar-refractivity contribution >= 4 is 62.1 Å². The lowest BCUT2D eigenvalue weighted by atomic mass is 10.1. The molecule has 0 radical (unpaired) electrons. The van der Waals surface area contributed by atoms with Gasteiger partial charge in [-0.15, -0.1) is 0 Å². The van der Waals surface area contributed by atoms with E-state index < -0.39 is 0 Å². The number of hydrogen-bond acceptors (Lipinski definition) is 3. The summed E-state index contributed by atoms with van der Waals surface area (Å²) in [4.78, 5) is 28.7. The first kappa shape index (κ1) is 20.1. The molecule has 1 aromatic heterocycles. The zero-order chi connectivity index (χ0) is 20.5. The quantitative estimate of drug-likeness (QED) is 0.546. The fourth-order valence-electron chi connectivity index (χ4n) is 3.89. The van der Waals surface area contributed by atoms with Crippen LogP contribution in [0.4, 0.5) is 0 Å². The highest BCUT2D eigenvalue weighted by atomic mass is 79.9. The molecule has 8 heteroatoms. The number of nitrogens with zero attached hydrogens (tertiary/aromatic N) is 3. The van der Waals surface area contributed by atoms with Crippen molar-refractivity contribution in [2.45, 2.75) is 32.2 Å². The number of halogens is 1. The van der Waals surface area contributed by atoms with Gasteiger partial charge in [-0.2, -0.15) is 0 Å². The SMILES string of the molecule is CN1C(=O)/C(=C/c2cn(CC(=O)N3CCCCCC3)c3ccc(Br)cc23)NC1=S. The second kappa shape index (κ2) is 8.28. The number of benzene rings is 1. The second-order valence-corrected chi connectivity index (χ2v) is 8.82. The third-order valence-corrected chi connectivity index (χ3v) is 6.39. The number of carbonyl (C=O) groups is 2. The van der Waals surface area contributed by atoms with Gasteiger partial charge in [0.1, 0.15) is 12.2 Å². The lowest BCUT2D eigenvalue weighted by Gasteiger charge is -2.20. The van der Waals surface area contributed by atoms with E-state index in [9.17, 15) is 9.59 Å². The van der Waals surface area contributed by atoms with Gasteiger partial charge in [0, 0.05) is 47.3 Å². The molecule has 0 spiro atoms. The predicted molar refractivity (Wildman–Crippen MR) is 121 cm³/mol. The van der Waals surface area contributed by atoms with Crippen molar-refractivity contribution in [1.82, 2.24) is 19.7 Å². The van der Waals surface area contributed by atoms with Gasteiger partial charge in [0.2, 0.25) is 5.91 Å². The molecule has 1 aromatic carbocycles. The van der Waals surface area contributed by atoms with Crippen LogP contribution >= 0.6 is 28.1 Å². The lowest BCUT2D eigenvalue weighted by molar-refractivity contribution is -0.131. The van der Waals surface area contributed by atoms with E-state index >= 15 is 0 Å².